The molecule has 50 valence electrons. The summed E-state index contributed by atoms with van der Waals surface area (Å²) in [5.74, 6) is 0. The van der Waals surface area contributed by atoms with Gasteiger partial charge < -0.3 is 10.2 Å². The van der Waals surface area contributed by atoms with Crippen molar-refractivity contribution >= 4 is 20.6 Å². The quantitative estimate of drug-likeness (QED) is 0.350. The fraction of sp³-hybridized carbons (Fsp3) is 0. The minimum atomic E-state index is -3.29. The number of carboxylic acid groups (broad SMARTS) is 2. The molecule has 0 aliphatic carbocycles. The monoisotopic (exact) mass is 192 g/mol. The first-order chi connectivity index (χ1) is 3.46. The molecule has 0 aliphatic heterocycles. The zero-order valence-electron chi connectivity index (χ0n) is 3.51. The summed E-state index contributed by atoms with van der Waals surface area (Å²) in [6.07, 6.45) is -1.83. The normalized spacial score (nSPS) is 7.38. The van der Waals surface area contributed by atoms with Crippen LogP contribution in [0.1, 0.15) is 0 Å². The molecule has 0 aromatic rings. The van der Waals surface area contributed by atoms with Crippen LogP contribution in [0, 0.1) is 0 Å². The second-order valence-corrected chi connectivity index (χ2v) is 1.48. The maximum atomic E-state index is 8.76. The molecule has 6 nitrogen and oxygen atoms in total. The van der Waals surface area contributed by atoms with Crippen LogP contribution in [0.4, 0.5) is 4.79 Å². The molecule has 0 bridgehead atoms. The van der Waals surface area contributed by atoms with Gasteiger partial charge in [-0.05, 0) is 0 Å². The van der Waals surface area contributed by atoms with Crippen molar-refractivity contribution < 1.29 is 27.2 Å². The number of carbonyl (C=O) groups is 1. The Labute approximate surface area is 48.7 Å². The molecule has 0 aromatic carbocycles. The predicted octanol–water partition coefficient (Wildman–Crippen LogP) is -1.39. The maximum absolute atomic E-state index is 8.76. The van der Waals surface area contributed by atoms with Crippen molar-refractivity contribution in [2.75, 3.05) is 0 Å². The molecule has 7 heteroatoms. The van der Waals surface area contributed by atoms with Crippen LogP contribution in [0.2, 0.25) is 0 Å². The van der Waals surface area contributed by atoms with Gasteiger partial charge in [-0.25, -0.2) is 4.79 Å². The van der Waals surface area contributed by atoms with Gasteiger partial charge in [-0.2, -0.15) is 0 Å². The van der Waals surface area contributed by atoms with E-state index in [1.165, 1.54) is 0 Å². The molecule has 0 aliphatic rings. The summed E-state index contributed by atoms with van der Waals surface area (Å²) in [4.78, 5) is 8.56. The molecule has 0 radical (unpaired) electrons. The Bertz CT molecular complexity index is 66.5. The standard InChI is InChI=1S/CH2O3.H2O3Se/c2-1(3)4;1-4(2)3/h(H2,2,3,4);(H2,1,2,3). The molecule has 0 heterocycles. The van der Waals surface area contributed by atoms with Gasteiger partial charge in [-0.3, -0.25) is 0 Å². The molecule has 0 rings (SSSR count). The first-order valence-corrected chi connectivity index (χ1v) is 3.41. The van der Waals surface area contributed by atoms with Gasteiger partial charge in [-0.15, -0.1) is 0 Å². The molecule has 4 N–H and O–H groups in total. The zero-order chi connectivity index (χ0) is 7.15. The number of hydrogen-bond donors (Lipinski definition) is 4. The summed E-state index contributed by atoms with van der Waals surface area (Å²) in [5, 5.41) is 13.9. The van der Waals surface area contributed by atoms with E-state index in [1.54, 1.807) is 0 Å². The van der Waals surface area contributed by atoms with Crippen LogP contribution in [-0.4, -0.2) is 39.2 Å². The van der Waals surface area contributed by atoms with E-state index < -0.39 is 20.6 Å². The summed E-state index contributed by atoms with van der Waals surface area (Å²) >= 11 is -3.29. The van der Waals surface area contributed by atoms with Gasteiger partial charge in [0, 0.05) is 0 Å². The van der Waals surface area contributed by atoms with E-state index in [2.05, 4.69) is 0 Å². The number of hydrogen-bond acceptors (Lipinski definition) is 2. The molecule has 0 unspecified atom stereocenters. The topological polar surface area (TPSA) is 115 Å². The third-order valence-corrected chi connectivity index (χ3v) is 0. The molecule has 0 amide bonds. The average molecular weight is 191 g/mol. The van der Waals surface area contributed by atoms with Crippen LogP contribution in [0.5, 0.6) is 0 Å². The van der Waals surface area contributed by atoms with Crippen molar-refractivity contribution in [3.63, 3.8) is 0 Å². The van der Waals surface area contributed by atoms with E-state index in [0.717, 1.165) is 0 Å². The minimum absolute atomic E-state index is 1.83. The Hall–Kier alpha value is -0.491. The molecular formula is CH4O6Se. The third-order valence-electron chi connectivity index (χ3n) is 0. The van der Waals surface area contributed by atoms with Crippen LogP contribution in [0.3, 0.4) is 0 Å². The van der Waals surface area contributed by atoms with Gasteiger partial charge in [0.1, 0.15) is 0 Å². The Morgan fingerprint density at radius 1 is 1.25 bits per heavy atom. The van der Waals surface area contributed by atoms with E-state index in [9.17, 15) is 0 Å². The van der Waals surface area contributed by atoms with Gasteiger partial charge in [0.25, 0.3) is 0 Å². The van der Waals surface area contributed by atoms with Crippen molar-refractivity contribution in [2.45, 2.75) is 0 Å². The van der Waals surface area contributed by atoms with Crippen molar-refractivity contribution in [1.82, 2.24) is 0 Å². The van der Waals surface area contributed by atoms with E-state index in [0.29, 0.717) is 0 Å². The summed E-state index contributed by atoms with van der Waals surface area (Å²) in [6.45, 7) is 0. The molecule has 0 saturated carbocycles. The van der Waals surface area contributed by atoms with Gasteiger partial charge in [0.15, 0.2) is 0 Å². The van der Waals surface area contributed by atoms with Gasteiger partial charge in [0.2, 0.25) is 0 Å². The van der Waals surface area contributed by atoms with Crippen LogP contribution < -0.4 is 0 Å². The summed E-state index contributed by atoms with van der Waals surface area (Å²) in [6, 6.07) is 0. The predicted molar refractivity (Wildman–Crippen MR) is 21.5 cm³/mol. The van der Waals surface area contributed by atoms with Crippen molar-refractivity contribution in [2.24, 2.45) is 0 Å². The molecule has 0 saturated heterocycles. The van der Waals surface area contributed by atoms with Crippen LogP contribution >= 0.6 is 0 Å². The Kier molecular flexibility index (Phi) is 8.53. The molecule has 0 aromatic heterocycles. The van der Waals surface area contributed by atoms with Gasteiger partial charge in [0.05, 0.1) is 0 Å². The summed E-state index contributed by atoms with van der Waals surface area (Å²) in [5.41, 5.74) is 0. The van der Waals surface area contributed by atoms with Crippen LogP contribution in [0.15, 0.2) is 0 Å². The molecule has 0 atom stereocenters. The Morgan fingerprint density at radius 3 is 1.25 bits per heavy atom. The van der Waals surface area contributed by atoms with Crippen molar-refractivity contribution in [1.29, 1.82) is 0 Å². The second kappa shape index (κ2) is 6.51. The molecule has 8 heavy (non-hydrogen) atoms. The van der Waals surface area contributed by atoms with Crippen LogP contribution in [-0.2, 0) is 3.83 Å². The molecular weight excluding hydrogens is 187 g/mol. The van der Waals surface area contributed by atoms with E-state index in [4.69, 9.17) is 27.2 Å². The third kappa shape index (κ3) is 466. The fourth-order valence-corrected chi connectivity index (χ4v) is 0. The van der Waals surface area contributed by atoms with Gasteiger partial charge >= 0.3 is 32.9 Å². The average Bonchev–Trinajstić information content (AvgIpc) is 1.25. The number of rotatable bonds is 0. The van der Waals surface area contributed by atoms with E-state index in [-0.39, 0.29) is 0 Å². The fourth-order valence-electron chi connectivity index (χ4n) is 0. The first kappa shape index (κ1) is 10.5. The Morgan fingerprint density at radius 2 is 1.25 bits per heavy atom. The summed E-state index contributed by atoms with van der Waals surface area (Å²) < 4.78 is 23.1. The van der Waals surface area contributed by atoms with Crippen molar-refractivity contribution in [3.8, 4) is 0 Å². The van der Waals surface area contributed by atoms with Crippen LogP contribution in [0.25, 0.3) is 0 Å². The van der Waals surface area contributed by atoms with Crippen molar-refractivity contribution in [3.05, 3.63) is 0 Å². The zero-order valence-corrected chi connectivity index (χ0v) is 5.23. The SMILES string of the molecule is O=C(O)O.O=[Se](O)O. The first-order valence-electron chi connectivity index (χ1n) is 1.18. The summed E-state index contributed by atoms with van der Waals surface area (Å²) in [7, 11) is 0. The second-order valence-electron chi connectivity index (χ2n) is 0.513. The molecule has 0 spiro atoms. The van der Waals surface area contributed by atoms with Gasteiger partial charge in [-0.1, -0.05) is 0 Å². The van der Waals surface area contributed by atoms with E-state index in [1.807, 2.05) is 0 Å². The Balaban J connectivity index is 0. The molecule has 0 fully saturated rings. The van der Waals surface area contributed by atoms with E-state index >= 15 is 0 Å².